The molecule has 1 aromatic carbocycles. The van der Waals surface area contributed by atoms with Crippen LogP contribution >= 0.6 is 0 Å². The monoisotopic (exact) mass is 410 g/mol. The zero-order valence-electron chi connectivity index (χ0n) is 17.5. The lowest BCUT2D eigenvalue weighted by Gasteiger charge is -2.46. The number of pyridine rings is 1. The molecule has 30 heavy (non-hydrogen) atoms. The van der Waals surface area contributed by atoms with Crippen LogP contribution in [-0.2, 0) is 4.79 Å². The summed E-state index contributed by atoms with van der Waals surface area (Å²) in [5, 5.41) is 6.26. The molecule has 0 bridgehead atoms. The lowest BCUT2D eigenvalue weighted by Crippen LogP contribution is -2.51. The maximum atomic E-state index is 13.3. The van der Waals surface area contributed by atoms with Gasteiger partial charge in [-0.2, -0.15) is 0 Å². The van der Waals surface area contributed by atoms with Gasteiger partial charge in [0.1, 0.15) is 11.6 Å². The van der Waals surface area contributed by atoms with Gasteiger partial charge in [-0.3, -0.25) is 9.59 Å². The predicted molar refractivity (Wildman–Crippen MR) is 114 cm³/mol. The largest absolute Gasteiger partial charge is 0.363 e. The Hall–Kier alpha value is -2.96. The highest BCUT2D eigenvalue weighted by atomic mass is 19.1. The van der Waals surface area contributed by atoms with E-state index in [9.17, 15) is 14.0 Å². The van der Waals surface area contributed by atoms with Crippen molar-refractivity contribution in [2.45, 2.75) is 45.7 Å². The molecule has 3 atom stereocenters. The van der Waals surface area contributed by atoms with Crippen LogP contribution in [0.15, 0.2) is 36.5 Å². The topological polar surface area (TPSA) is 74.3 Å². The smallest absolute Gasteiger partial charge is 0.251 e. The number of carbonyl (C=O) groups is 2. The number of aromatic nitrogens is 1. The molecule has 1 aliphatic heterocycles. The number of carbonyl (C=O) groups excluding carboxylic acids is 2. The average Bonchev–Trinajstić information content (AvgIpc) is 3.55. The molecule has 1 aromatic heterocycles. The highest BCUT2D eigenvalue weighted by Gasteiger charge is 2.47. The molecule has 2 amide bonds. The molecule has 2 aliphatic rings. The number of anilines is 2. The van der Waals surface area contributed by atoms with Gasteiger partial charge in [-0.15, -0.1) is 0 Å². The van der Waals surface area contributed by atoms with Crippen LogP contribution in [0.25, 0.3) is 0 Å². The quantitative estimate of drug-likeness (QED) is 0.784. The summed E-state index contributed by atoms with van der Waals surface area (Å²) in [7, 11) is 0. The summed E-state index contributed by atoms with van der Waals surface area (Å²) in [6.07, 6.45) is 3.39. The predicted octanol–water partition coefficient (Wildman–Crippen LogP) is 3.90. The highest BCUT2D eigenvalue weighted by Crippen LogP contribution is 2.50. The molecule has 3 unspecified atom stereocenters. The number of hydrogen-bond donors (Lipinski definition) is 2. The van der Waals surface area contributed by atoms with Gasteiger partial charge in [0, 0.05) is 36.7 Å². The molecular weight excluding hydrogens is 383 g/mol. The number of benzene rings is 1. The van der Waals surface area contributed by atoms with Crippen molar-refractivity contribution in [1.82, 2.24) is 10.3 Å². The average molecular weight is 410 g/mol. The number of rotatable bonds is 5. The summed E-state index contributed by atoms with van der Waals surface area (Å²) in [5.41, 5.74) is 2.25. The minimum Gasteiger partial charge on any atom is -0.363 e. The van der Waals surface area contributed by atoms with E-state index in [1.165, 1.54) is 12.3 Å². The molecule has 0 saturated heterocycles. The summed E-state index contributed by atoms with van der Waals surface area (Å²) >= 11 is 0. The van der Waals surface area contributed by atoms with Gasteiger partial charge in [0.15, 0.2) is 0 Å². The van der Waals surface area contributed by atoms with E-state index in [1.54, 1.807) is 19.1 Å². The van der Waals surface area contributed by atoms with Gasteiger partial charge < -0.3 is 15.5 Å². The van der Waals surface area contributed by atoms with E-state index in [2.05, 4.69) is 22.5 Å². The van der Waals surface area contributed by atoms with E-state index in [1.807, 2.05) is 24.0 Å². The molecule has 2 heterocycles. The van der Waals surface area contributed by atoms with Crippen molar-refractivity contribution in [3.05, 3.63) is 53.5 Å². The van der Waals surface area contributed by atoms with Crippen molar-refractivity contribution in [2.75, 3.05) is 16.8 Å². The number of nitrogens with zero attached hydrogens (tertiary/aromatic N) is 2. The minimum absolute atomic E-state index is 0.00381. The number of nitrogens with one attached hydrogen (secondary N) is 2. The molecule has 1 aliphatic carbocycles. The Morgan fingerprint density at radius 2 is 2.00 bits per heavy atom. The molecular formula is C23H27FN4O2. The second-order valence-corrected chi connectivity index (χ2v) is 8.19. The van der Waals surface area contributed by atoms with Crippen molar-refractivity contribution in [2.24, 2.45) is 11.8 Å². The van der Waals surface area contributed by atoms with Crippen LogP contribution in [0.2, 0.25) is 0 Å². The normalized spacial score (nSPS) is 22.9. The van der Waals surface area contributed by atoms with E-state index < -0.39 is 5.82 Å². The first-order valence-corrected chi connectivity index (χ1v) is 10.5. The summed E-state index contributed by atoms with van der Waals surface area (Å²) in [6, 6.07) is 8.39. The number of hydrogen-bond acceptors (Lipinski definition) is 4. The van der Waals surface area contributed by atoms with Crippen molar-refractivity contribution in [3.63, 3.8) is 0 Å². The van der Waals surface area contributed by atoms with Crippen LogP contribution in [-0.4, -0.2) is 29.4 Å². The summed E-state index contributed by atoms with van der Waals surface area (Å²) < 4.78 is 13.3. The molecule has 1 saturated carbocycles. The fourth-order valence-corrected chi connectivity index (χ4v) is 4.59. The highest BCUT2D eigenvalue weighted by molar-refractivity contribution is 5.98. The Balaban J connectivity index is 1.80. The van der Waals surface area contributed by atoms with Gasteiger partial charge in [-0.1, -0.05) is 6.92 Å². The van der Waals surface area contributed by atoms with Crippen molar-refractivity contribution in [1.29, 1.82) is 0 Å². The lowest BCUT2D eigenvalue weighted by atomic mass is 9.79. The molecule has 7 heteroatoms. The van der Waals surface area contributed by atoms with Crippen molar-refractivity contribution < 1.29 is 14.0 Å². The van der Waals surface area contributed by atoms with Crippen LogP contribution in [0.3, 0.4) is 0 Å². The van der Waals surface area contributed by atoms with Gasteiger partial charge in [-0.05, 0) is 61.6 Å². The molecule has 4 rings (SSSR count). The summed E-state index contributed by atoms with van der Waals surface area (Å²) in [4.78, 5) is 31.2. The fourth-order valence-electron chi connectivity index (χ4n) is 4.59. The molecule has 0 spiro atoms. The standard InChI is InChI=1S/C23H27FN4O2/c1-4-25-23(30)16-7-9-19-18(11-16)21(27-20-10-8-17(24)12-26-20)13(2)22(15-5-6-15)28(19)14(3)29/h7-13,15,21-22H,4-6H2,1-3H3,(H,25,30)(H,26,27). The fraction of sp³-hybridized carbons (Fsp3) is 0.435. The van der Waals surface area contributed by atoms with Gasteiger partial charge >= 0.3 is 0 Å². The molecule has 1 fully saturated rings. The third-order valence-electron chi connectivity index (χ3n) is 6.06. The van der Waals surface area contributed by atoms with Crippen molar-refractivity contribution in [3.8, 4) is 0 Å². The Kier molecular flexibility index (Phi) is 5.45. The second kappa shape index (κ2) is 8.05. The van der Waals surface area contributed by atoms with E-state index in [0.717, 1.165) is 24.1 Å². The maximum absolute atomic E-state index is 13.3. The van der Waals surface area contributed by atoms with E-state index in [0.29, 0.717) is 23.8 Å². The van der Waals surface area contributed by atoms with Gasteiger partial charge in [0.2, 0.25) is 5.91 Å². The van der Waals surface area contributed by atoms with E-state index >= 15 is 0 Å². The minimum atomic E-state index is -0.394. The number of fused-ring (bicyclic) bond motifs is 1. The first-order valence-electron chi connectivity index (χ1n) is 10.5. The summed E-state index contributed by atoms with van der Waals surface area (Å²) in [6.45, 7) is 6.14. The summed E-state index contributed by atoms with van der Waals surface area (Å²) in [5.74, 6) is 0.577. The molecule has 158 valence electrons. The zero-order valence-corrected chi connectivity index (χ0v) is 17.5. The second-order valence-electron chi connectivity index (χ2n) is 8.19. The van der Waals surface area contributed by atoms with Crippen LogP contribution in [0.1, 0.15) is 55.6 Å². The molecule has 0 radical (unpaired) electrons. The van der Waals surface area contributed by atoms with Crippen LogP contribution in [0.4, 0.5) is 15.9 Å². The van der Waals surface area contributed by atoms with Crippen LogP contribution in [0, 0.1) is 17.7 Å². The Labute approximate surface area is 175 Å². The first-order chi connectivity index (χ1) is 14.4. The SMILES string of the molecule is CCNC(=O)c1ccc2c(c1)C(Nc1ccc(F)cn1)C(C)C(C1CC1)N2C(C)=O. The third-order valence-corrected chi connectivity index (χ3v) is 6.06. The maximum Gasteiger partial charge on any atom is 0.251 e. The van der Waals surface area contributed by atoms with Crippen molar-refractivity contribution >= 4 is 23.3 Å². The third kappa shape index (κ3) is 3.76. The Bertz CT molecular complexity index is 958. The van der Waals surface area contributed by atoms with Gasteiger partial charge in [0.05, 0.1) is 12.2 Å². The van der Waals surface area contributed by atoms with E-state index in [4.69, 9.17) is 0 Å². The molecule has 2 N–H and O–H groups in total. The Morgan fingerprint density at radius 3 is 2.60 bits per heavy atom. The van der Waals surface area contributed by atoms with E-state index in [-0.39, 0.29) is 29.8 Å². The number of amides is 2. The first kappa shape index (κ1) is 20.3. The van der Waals surface area contributed by atoms with Crippen LogP contribution < -0.4 is 15.5 Å². The number of halogens is 1. The Morgan fingerprint density at radius 1 is 1.23 bits per heavy atom. The lowest BCUT2D eigenvalue weighted by molar-refractivity contribution is -0.117. The van der Waals surface area contributed by atoms with Gasteiger partial charge in [0.25, 0.3) is 5.91 Å². The van der Waals surface area contributed by atoms with Crippen LogP contribution in [0.5, 0.6) is 0 Å². The molecule has 2 aromatic rings. The zero-order chi connectivity index (χ0) is 21.4. The molecule has 6 nitrogen and oxygen atoms in total. The van der Waals surface area contributed by atoms with Gasteiger partial charge in [-0.25, -0.2) is 9.37 Å².